The summed E-state index contributed by atoms with van der Waals surface area (Å²) >= 11 is 0. The first-order chi connectivity index (χ1) is 30.7. The molecule has 62 heavy (non-hydrogen) atoms. The summed E-state index contributed by atoms with van der Waals surface area (Å²) in [7, 11) is 0. The fourth-order valence-corrected chi connectivity index (χ4v) is 9.65. The van der Waals surface area contributed by atoms with E-state index in [9.17, 15) is 0 Å². The van der Waals surface area contributed by atoms with Crippen LogP contribution in [0.2, 0.25) is 0 Å². The van der Waals surface area contributed by atoms with E-state index < -0.39 is 5.41 Å². The lowest BCUT2D eigenvalue weighted by Crippen LogP contribution is -2.28. The molecule has 0 fully saturated rings. The maximum Gasteiger partial charge on any atom is 0.164 e. The van der Waals surface area contributed by atoms with Crippen molar-refractivity contribution in [3.63, 3.8) is 0 Å². The maximum absolute atomic E-state index is 7.08. The highest BCUT2D eigenvalue weighted by Crippen LogP contribution is 2.57. The third kappa shape index (κ3) is 5.65. The molecule has 290 valence electrons. The summed E-state index contributed by atoms with van der Waals surface area (Å²) in [5, 5.41) is 2.15. The number of furan rings is 1. The molecule has 0 unspecified atom stereocenters. The Morgan fingerprint density at radius 2 is 0.710 bits per heavy atom. The van der Waals surface area contributed by atoms with Gasteiger partial charge in [0.15, 0.2) is 17.5 Å². The Kier molecular flexibility index (Phi) is 8.36. The number of benzene rings is 9. The van der Waals surface area contributed by atoms with Gasteiger partial charge in [-0.05, 0) is 56.6 Å². The highest BCUT2D eigenvalue weighted by atomic mass is 16.3. The lowest BCUT2D eigenvalue weighted by molar-refractivity contribution is 0.671. The second kappa shape index (κ2) is 14.5. The van der Waals surface area contributed by atoms with Crippen molar-refractivity contribution in [3.05, 3.63) is 247 Å². The Hall–Kier alpha value is -8.21. The van der Waals surface area contributed by atoms with E-state index in [1.54, 1.807) is 0 Å². The van der Waals surface area contributed by atoms with Gasteiger partial charge in [0.2, 0.25) is 0 Å². The lowest BCUT2D eigenvalue weighted by Gasteiger charge is -2.34. The van der Waals surface area contributed by atoms with Gasteiger partial charge < -0.3 is 4.42 Å². The van der Waals surface area contributed by atoms with Gasteiger partial charge in [0.05, 0.1) is 5.41 Å². The molecule has 4 heteroatoms. The number of fused-ring (bicyclic) bond motifs is 6. The largest absolute Gasteiger partial charge is 0.455 e. The van der Waals surface area contributed by atoms with Crippen LogP contribution in [-0.2, 0) is 5.41 Å². The minimum Gasteiger partial charge on any atom is -0.455 e. The summed E-state index contributed by atoms with van der Waals surface area (Å²) < 4.78 is 7.08. The van der Waals surface area contributed by atoms with Crippen LogP contribution in [-0.4, -0.2) is 15.0 Å². The molecule has 2 heterocycles. The molecule has 2 aromatic heterocycles. The highest BCUT2D eigenvalue weighted by Gasteiger charge is 2.46. The molecule has 9 aromatic carbocycles. The van der Waals surface area contributed by atoms with Crippen molar-refractivity contribution in [1.29, 1.82) is 0 Å². The molecule has 11 aromatic rings. The zero-order chi connectivity index (χ0) is 41.0. The number of aromatic nitrogens is 3. The molecule has 0 radical (unpaired) electrons. The minimum absolute atomic E-state index is 0.493. The quantitative estimate of drug-likeness (QED) is 0.161. The van der Waals surface area contributed by atoms with Crippen LogP contribution in [0.4, 0.5) is 0 Å². The van der Waals surface area contributed by atoms with E-state index in [0.29, 0.717) is 17.5 Å². The van der Waals surface area contributed by atoms with Crippen molar-refractivity contribution < 1.29 is 4.42 Å². The second-order valence-electron chi connectivity index (χ2n) is 15.9. The van der Waals surface area contributed by atoms with Crippen LogP contribution in [0, 0.1) is 0 Å². The van der Waals surface area contributed by atoms with E-state index in [2.05, 4.69) is 164 Å². The van der Waals surface area contributed by atoms with Gasteiger partial charge in [0, 0.05) is 38.6 Å². The average Bonchev–Trinajstić information content (AvgIpc) is 3.89. The van der Waals surface area contributed by atoms with Crippen molar-refractivity contribution in [2.75, 3.05) is 0 Å². The van der Waals surface area contributed by atoms with Crippen molar-refractivity contribution in [2.24, 2.45) is 0 Å². The standard InChI is InChI=1S/C58H37N3O/c1-5-18-38(19-6-1)55-59-56(39-20-7-2-8-21-39)61-57(60-55)42-23-15-22-40(36-42)45-29-16-31-49-50-32-17-30-46(54(50)62-53(45)49)41-34-35-48-47-28-13-14-33-51(47)58(52(48)37-41,43-24-9-3-10-25-43)44-26-11-4-12-27-44/h1-37H. The van der Waals surface area contributed by atoms with E-state index in [1.807, 2.05) is 60.7 Å². The zero-order valence-electron chi connectivity index (χ0n) is 33.6. The summed E-state index contributed by atoms with van der Waals surface area (Å²) in [5.74, 6) is 1.87. The van der Waals surface area contributed by atoms with Gasteiger partial charge in [-0.25, -0.2) is 15.0 Å². The Morgan fingerprint density at radius 1 is 0.290 bits per heavy atom. The van der Waals surface area contributed by atoms with Crippen LogP contribution < -0.4 is 0 Å². The minimum atomic E-state index is -0.493. The van der Waals surface area contributed by atoms with E-state index >= 15 is 0 Å². The van der Waals surface area contributed by atoms with Crippen molar-refractivity contribution >= 4 is 21.9 Å². The molecule has 4 nitrogen and oxygen atoms in total. The Morgan fingerprint density at radius 3 is 1.29 bits per heavy atom. The first-order valence-corrected chi connectivity index (χ1v) is 21.0. The smallest absolute Gasteiger partial charge is 0.164 e. The number of para-hydroxylation sites is 2. The summed E-state index contributed by atoms with van der Waals surface area (Å²) in [5.41, 5.74) is 15.7. The molecule has 0 amide bonds. The molecule has 0 spiro atoms. The molecule has 12 rings (SSSR count). The molecule has 0 saturated carbocycles. The van der Waals surface area contributed by atoms with Crippen LogP contribution in [0.1, 0.15) is 22.3 Å². The Bertz CT molecular complexity index is 3350. The SMILES string of the molecule is c1ccc(-c2nc(-c3ccccc3)nc(-c3cccc(-c4cccc5c4oc4c(-c6ccc7c(c6)C(c6ccccc6)(c6ccccc6)c6ccccc6-7)cccc45)c3)n2)cc1. The van der Waals surface area contributed by atoms with Gasteiger partial charge in [0.25, 0.3) is 0 Å². The van der Waals surface area contributed by atoms with Crippen LogP contribution in [0.5, 0.6) is 0 Å². The van der Waals surface area contributed by atoms with Crippen molar-refractivity contribution in [3.8, 4) is 67.5 Å². The number of rotatable bonds is 7. The van der Waals surface area contributed by atoms with Crippen LogP contribution >= 0.6 is 0 Å². The number of hydrogen-bond donors (Lipinski definition) is 0. The Labute approximate surface area is 359 Å². The van der Waals surface area contributed by atoms with E-state index in [0.717, 1.165) is 60.9 Å². The second-order valence-corrected chi connectivity index (χ2v) is 15.9. The van der Waals surface area contributed by atoms with Gasteiger partial charge in [-0.2, -0.15) is 0 Å². The number of nitrogens with zero attached hydrogens (tertiary/aromatic N) is 3. The third-order valence-electron chi connectivity index (χ3n) is 12.4. The third-order valence-corrected chi connectivity index (χ3v) is 12.4. The summed E-state index contributed by atoms with van der Waals surface area (Å²) in [6.45, 7) is 0. The predicted octanol–water partition coefficient (Wildman–Crippen LogP) is 14.5. The van der Waals surface area contributed by atoms with Gasteiger partial charge in [-0.1, -0.05) is 212 Å². The predicted molar refractivity (Wildman–Crippen MR) is 252 cm³/mol. The van der Waals surface area contributed by atoms with E-state index in [4.69, 9.17) is 19.4 Å². The van der Waals surface area contributed by atoms with Crippen molar-refractivity contribution in [2.45, 2.75) is 5.41 Å². The Balaban J connectivity index is 1.01. The monoisotopic (exact) mass is 791 g/mol. The molecule has 1 aliphatic carbocycles. The van der Waals surface area contributed by atoms with Gasteiger partial charge in [0.1, 0.15) is 11.2 Å². The topological polar surface area (TPSA) is 51.8 Å². The molecule has 0 atom stereocenters. The first kappa shape index (κ1) is 35.7. The molecular weight excluding hydrogens is 755 g/mol. The van der Waals surface area contributed by atoms with Gasteiger partial charge in [-0.15, -0.1) is 0 Å². The van der Waals surface area contributed by atoms with Crippen molar-refractivity contribution in [1.82, 2.24) is 15.0 Å². The molecule has 0 N–H and O–H groups in total. The van der Waals surface area contributed by atoms with Gasteiger partial charge >= 0.3 is 0 Å². The maximum atomic E-state index is 7.08. The zero-order valence-corrected chi connectivity index (χ0v) is 33.6. The normalized spacial score (nSPS) is 12.6. The molecule has 0 aliphatic heterocycles. The molecule has 0 saturated heterocycles. The highest BCUT2D eigenvalue weighted by molar-refractivity contribution is 6.13. The summed E-state index contributed by atoms with van der Waals surface area (Å²) in [6, 6.07) is 79.3. The van der Waals surface area contributed by atoms with Crippen LogP contribution in [0.25, 0.3) is 89.5 Å². The lowest BCUT2D eigenvalue weighted by atomic mass is 9.67. The van der Waals surface area contributed by atoms with Crippen LogP contribution in [0.3, 0.4) is 0 Å². The van der Waals surface area contributed by atoms with E-state index in [1.165, 1.54) is 33.4 Å². The fraction of sp³-hybridized carbons (Fsp3) is 0.0172. The molecular formula is C58H37N3O. The fourth-order valence-electron chi connectivity index (χ4n) is 9.65. The summed E-state index contributed by atoms with van der Waals surface area (Å²) in [4.78, 5) is 14.9. The number of hydrogen-bond acceptors (Lipinski definition) is 4. The van der Waals surface area contributed by atoms with Gasteiger partial charge in [-0.3, -0.25) is 0 Å². The van der Waals surface area contributed by atoms with Crippen LogP contribution in [0.15, 0.2) is 229 Å². The summed E-state index contributed by atoms with van der Waals surface area (Å²) in [6.07, 6.45) is 0. The molecule has 0 bridgehead atoms. The molecule has 1 aliphatic rings. The average molecular weight is 792 g/mol. The van der Waals surface area contributed by atoms with E-state index in [-0.39, 0.29) is 0 Å². The first-order valence-electron chi connectivity index (χ1n) is 21.0.